The fourth-order valence-corrected chi connectivity index (χ4v) is 1.96. The Bertz CT molecular complexity index is 661. The number of hydrogen-bond acceptors (Lipinski definition) is 3. The van der Waals surface area contributed by atoms with E-state index in [1.165, 1.54) is 4.90 Å². The lowest BCUT2D eigenvalue weighted by Crippen LogP contribution is -2.26. The van der Waals surface area contributed by atoms with Crippen LogP contribution in [-0.2, 0) is 0 Å². The zero-order chi connectivity index (χ0) is 13.8. The summed E-state index contributed by atoms with van der Waals surface area (Å²) in [6.07, 6.45) is 0. The molecule has 0 aliphatic carbocycles. The lowest BCUT2D eigenvalue weighted by molar-refractivity contribution is 0.0993. The van der Waals surface area contributed by atoms with E-state index in [1.807, 2.05) is 6.07 Å². The number of rotatable bonds is 2. The van der Waals surface area contributed by atoms with Gasteiger partial charge in [-0.25, -0.2) is 0 Å². The Balaban J connectivity index is 2.31. The molecule has 0 spiro atoms. The highest BCUT2D eigenvalue weighted by molar-refractivity contribution is 7.80. The molecule has 2 rings (SSSR count). The average molecular weight is 268 g/mol. The van der Waals surface area contributed by atoms with Crippen molar-refractivity contribution >= 4 is 24.2 Å². The van der Waals surface area contributed by atoms with Crippen LogP contribution >= 0.6 is 12.6 Å². The van der Waals surface area contributed by atoms with Crippen molar-refractivity contribution in [3.63, 3.8) is 0 Å². The molecule has 0 fully saturated rings. The van der Waals surface area contributed by atoms with Crippen molar-refractivity contribution in [3.05, 3.63) is 59.7 Å². The van der Waals surface area contributed by atoms with Crippen LogP contribution in [0, 0.1) is 11.3 Å². The second-order valence-corrected chi connectivity index (χ2v) is 4.59. The van der Waals surface area contributed by atoms with Crippen LogP contribution in [-0.4, -0.2) is 13.0 Å². The predicted octanol–water partition coefficient (Wildman–Crippen LogP) is 3.12. The number of carbonyl (C=O) groups excluding carboxylic acids is 1. The van der Waals surface area contributed by atoms with Gasteiger partial charge in [0.2, 0.25) is 0 Å². The number of thiol groups is 1. The normalized spacial score (nSPS) is 9.74. The molecule has 0 heterocycles. The predicted molar refractivity (Wildman–Crippen MR) is 77.6 cm³/mol. The third-order valence-electron chi connectivity index (χ3n) is 2.76. The van der Waals surface area contributed by atoms with Gasteiger partial charge < -0.3 is 4.90 Å². The van der Waals surface area contributed by atoms with Gasteiger partial charge >= 0.3 is 0 Å². The molecule has 2 aromatic carbocycles. The summed E-state index contributed by atoms with van der Waals surface area (Å²) in [6, 6.07) is 16.1. The van der Waals surface area contributed by atoms with Crippen LogP contribution in [0.5, 0.6) is 0 Å². The molecule has 1 amide bonds. The van der Waals surface area contributed by atoms with Gasteiger partial charge in [0.1, 0.15) is 0 Å². The molecule has 4 heteroatoms. The van der Waals surface area contributed by atoms with Gasteiger partial charge in [-0.3, -0.25) is 4.79 Å². The molecular weight excluding hydrogens is 256 g/mol. The molecule has 0 saturated heterocycles. The Hall–Kier alpha value is -2.25. The fraction of sp³-hybridized carbons (Fsp3) is 0.0667. The minimum atomic E-state index is -0.133. The topological polar surface area (TPSA) is 44.1 Å². The first-order chi connectivity index (χ1) is 9.11. The molecule has 0 N–H and O–H groups in total. The van der Waals surface area contributed by atoms with Crippen molar-refractivity contribution in [2.75, 3.05) is 11.9 Å². The first-order valence-corrected chi connectivity index (χ1v) is 6.14. The van der Waals surface area contributed by atoms with Gasteiger partial charge in [-0.05, 0) is 36.4 Å². The van der Waals surface area contributed by atoms with E-state index in [-0.39, 0.29) is 5.91 Å². The molecule has 0 saturated carbocycles. The molecule has 19 heavy (non-hydrogen) atoms. The van der Waals surface area contributed by atoms with Gasteiger partial charge in [-0.15, -0.1) is 12.6 Å². The van der Waals surface area contributed by atoms with Crippen molar-refractivity contribution in [2.45, 2.75) is 4.90 Å². The minimum Gasteiger partial charge on any atom is -0.311 e. The summed E-state index contributed by atoms with van der Waals surface area (Å²) in [4.78, 5) is 14.6. The van der Waals surface area contributed by atoms with Gasteiger partial charge in [0.15, 0.2) is 0 Å². The van der Waals surface area contributed by atoms with Crippen LogP contribution in [0.1, 0.15) is 15.9 Å². The van der Waals surface area contributed by atoms with E-state index in [4.69, 9.17) is 5.26 Å². The van der Waals surface area contributed by atoms with Crippen LogP contribution in [0.15, 0.2) is 53.4 Å². The van der Waals surface area contributed by atoms with Crippen LogP contribution in [0.3, 0.4) is 0 Å². The Kier molecular flexibility index (Phi) is 3.88. The molecule has 3 nitrogen and oxygen atoms in total. The number of nitrogens with zero attached hydrogens (tertiary/aromatic N) is 2. The second kappa shape index (κ2) is 5.59. The Labute approximate surface area is 117 Å². The maximum atomic E-state index is 12.3. The summed E-state index contributed by atoms with van der Waals surface area (Å²) in [5.41, 5.74) is 1.78. The number of carbonyl (C=O) groups is 1. The van der Waals surface area contributed by atoms with Crippen LogP contribution in [0.4, 0.5) is 5.69 Å². The van der Waals surface area contributed by atoms with E-state index in [0.717, 1.165) is 4.90 Å². The SMILES string of the molecule is CN(C(=O)c1cccc(S)c1)c1cccc(C#N)c1. The van der Waals surface area contributed by atoms with E-state index in [2.05, 4.69) is 18.7 Å². The molecule has 0 aromatic heterocycles. The number of hydrogen-bond donors (Lipinski definition) is 1. The molecule has 0 radical (unpaired) electrons. The summed E-state index contributed by atoms with van der Waals surface area (Å²) in [7, 11) is 1.68. The van der Waals surface area contributed by atoms with Gasteiger partial charge in [-0.1, -0.05) is 12.1 Å². The summed E-state index contributed by atoms with van der Waals surface area (Å²) in [5.74, 6) is -0.133. The smallest absolute Gasteiger partial charge is 0.258 e. The van der Waals surface area contributed by atoms with Crippen LogP contribution < -0.4 is 4.90 Å². The molecule has 0 unspecified atom stereocenters. The van der Waals surface area contributed by atoms with Crippen LogP contribution in [0.2, 0.25) is 0 Å². The molecule has 0 bridgehead atoms. The highest BCUT2D eigenvalue weighted by Crippen LogP contribution is 2.18. The molecule has 94 valence electrons. The van der Waals surface area contributed by atoms with Crippen molar-refractivity contribution in [2.24, 2.45) is 0 Å². The first-order valence-electron chi connectivity index (χ1n) is 5.69. The van der Waals surface area contributed by atoms with Crippen molar-refractivity contribution in [3.8, 4) is 6.07 Å². The van der Waals surface area contributed by atoms with Gasteiger partial charge in [0.25, 0.3) is 5.91 Å². The summed E-state index contributed by atoms with van der Waals surface area (Å²) in [6.45, 7) is 0. The highest BCUT2D eigenvalue weighted by Gasteiger charge is 2.13. The van der Waals surface area contributed by atoms with Crippen molar-refractivity contribution < 1.29 is 4.79 Å². The Morgan fingerprint density at radius 2 is 1.95 bits per heavy atom. The lowest BCUT2D eigenvalue weighted by Gasteiger charge is -2.17. The zero-order valence-electron chi connectivity index (χ0n) is 10.4. The Morgan fingerprint density at radius 1 is 1.21 bits per heavy atom. The first kappa shape index (κ1) is 13.2. The van der Waals surface area contributed by atoms with E-state index < -0.39 is 0 Å². The number of nitriles is 1. The molecular formula is C15H12N2OS. The number of anilines is 1. The molecule has 0 aliphatic rings. The number of amides is 1. The third-order valence-corrected chi connectivity index (χ3v) is 3.04. The van der Waals surface area contributed by atoms with Gasteiger partial charge in [0, 0.05) is 23.2 Å². The summed E-state index contributed by atoms with van der Waals surface area (Å²) < 4.78 is 0. The summed E-state index contributed by atoms with van der Waals surface area (Å²) in [5, 5.41) is 8.87. The van der Waals surface area contributed by atoms with E-state index >= 15 is 0 Å². The zero-order valence-corrected chi connectivity index (χ0v) is 11.3. The number of benzene rings is 2. The van der Waals surface area contributed by atoms with Gasteiger partial charge in [0.05, 0.1) is 11.6 Å². The van der Waals surface area contributed by atoms with E-state index in [0.29, 0.717) is 16.8 Å². The van der Waals surface area contributed by atoms with E-state index in [9.17, 15) is 4.79 Å². The maximum Gasteiger partial charge on any atom is 0.258 e. The van der Waals surface area contributed by atoms with E-state index in [1.54, 1.807) is 49.5 Å². The average Bonchev–Trinajstić information content (AvgIpc) is 2.45. The highest BCUT2D eigenvalue weighted by atomic mass is 32.1. The van der Waals surface area contributed by atoms with Crippen molar-refractivity contribution in [1.82, 2.24) is 0 Å². The van der Waals surface area contributed by atoms with Crippen molar-refractivity contribution in [1.29, 1.82) is 5.26 Å². The molecule has 0 aliphatic heterocycles. The largest absolute Gasteiger partial charge is 0.311 e. The molecule has 2 aromatic rings. The second-order valence-electron chi connectivity index (χ2n) is 4.08. The third kappa shape index (κ3) is 2.95. The minimum absolute atomic E-state index is 0.133. The fourth-order valence-electron chi connectivity index (χ4n) is 1.73. The monoisotopic (exact) mass is 268 g/mol. The Morgan fingerprint density at radius 3 is 2.63 bits per heavy atom. The lowest BCUT2D eigenvalue weighted by atomic mass is 10.1. The van der Waals surface area contributed by atoms with Crippen LogP contribution in [0.25, 0.3) is 0 Å². The van der Waals surface area contributed by atoms with Gasteiger partial charge in [-0.2, -0.15) is 5.26 Å². The summed E-state index contributed by atoms with van der Waals surface area (Å²) >= 11 is 4.22. The quantitative estimate of drug-likeness (QED) is 0.850. The standard InChI is InChI=1S/C15H12N2OS/c1-17(13-6-2-4-11(8-13)10-16)15(18)12-5-3-7-14(19)9-12/h2-9,19H,1H3. The maximum absolute atomic E-state index is 12.3. The molecule has 0 atom stereocenters.